The lowest BCUT2D eigenvalue weighted by molar-refractivity contribution is 0.0917. The Morgan fingerprint density at radius 1 is 1.09 bits per heavy atom. The number of amides is 1. The Hall–Kier alpha value is -1.55. The first-order valence-corrected chi connectivity index (χ1v) is 7.72. The van der Waals surface area contributed by atoms with Gasteiger partial charge in [0.05, 0.1) is 21.7 Å². The van der Waals surface area contributed by atoms with Gasteiger partial charge in [-0.15, -0.1) is 0 Å². The third-order valence-corrected chi connectivity index (χ3v) is 3.96. The molecule has 0 radical (unpaired) electrons. The Kier molecular flexibility index (Phi) is 5.83. The highest BCUT2D eigenvalue weighted by Gasteiger charge is 2.18. The molecule has 0 spiro atoms. The highest BCUT2D eigenvalue weighted by molar-refractivity contribution is 6.39. The number of benzene rings is 2. The standard InChI is InChI=1S/C17H17Cl2NO2/c1-11(10-15(21)12-6-3-2-4-7-12)20-17(22)16-13(18)8-5-9-14(16)19/h2-9,11,15,21H,10H2,1H3,(H,20,22)/t11-,15+/m0/s1. The number of halogens is 2. The van der Waals surface area contributed by atoms with Crippen LogP contribution in [0.25, 0.3) is 0 Å². The average Bonchev–Trinajstić information content (AvgIpc) is 2.47. The van der Waals surface area contributed by atoms with Crippen molar-refractivity contribution in [2.24, 2.45) is 0 Å². The molecule has 0 aliphatic rings. The van der Waals surface area contributed by atoms with Gasteiger partial charge >= 0.3 is 0 Å². The van der Waals surface area contributed by atoms with Crippen molar-refractivity contribution in [1.29, 1.82) is 0 Å². The van der Waals surface area contributed by atoms with E-state index >= 15 is 0 Å². The van der Waals surface area contributed by atoms with Crippen LogP contribution < -0.4 is 5.32 Å². The van der Waals surface area contributed by atoms with Gasteiger partial charge in [0.15, 0.2) is 0 Å². The monoisotopic (exact) mass is 337 g/mol. The van der Waals surface area contributed by atoms with Crippen molar-refractivity contribution in [1.82, 2.24) is 5.32 Å². The van der Waals surface area contributed by atoms with Gasteiger partial charge in [-0.2, -0.15) is 0 Å². The van der Waals surface area contributed by atoms with Gasteiger partial charge in [0.2, 0.25) is 0 Å². The number of hydrogen-bond acceptors (Lipinski definition) is 2. The predicted octanol–water partition coefficient (Wildman–Crippen LogP) is 4.24. The molecule has 0 aliphatic heterocycles. The Labute approximate surface area is 139 Å². The van der Waals surface area contributed by atoms with Crippen LogP contribution in [0, 0.1) is 0 Å². The summed E-state index contributed by atoms with van der Waals surface area (Å²) in [6.45, 7) is 1.83. The molecule has 2 aromatic carbocycles. The van der Waals surface area contributed by atoms with Gasteiger partial charge < -0.3 is 10.4 Å². The van der Waals surface area contributed by atoms with E-state index in [1.807, 2.05) is 37.3 Å². The van der Waals surface area contributed by atoms with Crippen molar-refractivity contribution in [3.8, 4) is 0 Å². The largest absolute Gasteiger partial charge is 0.388 e. The predicted molar refractivity (Wildman–Crippen MR) is 89.4 cm³/mol. The van der Waals surface area contributed by atoms with Crippen LogP contribution in [0.15, 0.2) is 48.5 Å². The van der Waals surface area contributed by atoms with Gasteiger partial charge in [-0.3, -0.25) is 4.79 Å². The first kappa shape index (κ1) is 16.8. The van der Waals surface area contributed by atoms with Crippen LogP contribution in [0.1, 0.15) is 35.4 Å². The third kappa shape index (κ3) is 4.23. The van der Waals surface area contributed by atoms with E-state index in [1.165, 1.54) is 0 Å². The fourth-order valence-electron chi connectivity index (χ4n) is 2.22. The lowest BCUT2D eigenvalue weighted by Gasteiger charge is -2.19. The Balaban J connectivity index is 2.00. The molecule has 116 valence electrons. The number of aliphatic hydroxyl groups is 1. The average molecular weight is 338 g/mol. The maximum absolute atomic E-state index is 12.3. The molecule has 0 saturated carbocycles. The summed E-state index contributed by atoms with van der Waals surface area (Å²) in [5.41, 5.74) is 1.08. The molecular weight excluding hydrogens is 321 g/mol. The van der Waals surface area contributed by atoms with Crippen LogP contribution in [0.2, 0.25) is 10.0 Å². The van der Waals surface area contributed by atoms with E-state index in [0.717, 1.165) is 5.56 Å². The molecule has 0 saturated heterocycles. The molecule has 2 atom stereocenters. The van der Waals surface area contributed by atoms with Gasteiger partial charge in [0, 0.05) is 6.04 Å². The van der Waals surface area contributed by atoms with Crippen molar-refractivity contribution in [3.63, 3.8) is 0 Å². The van der Waals surface area contributed by atoms with Crippen LogP contribution in [-0.2, 0) is 0 Å². The number of hydrogen-bond donors (Lipinski definition) is 2. The molecule has 0 aromatic heterocycles. The minimum Gasteiger partial charge on any atom is -0.388 e. The van der Waals surface area contributed by atoms with Gasteiger partial charge in [0.25, 0.3) is 5.91 Å². The Morgan fingerprint density at radius 2 is 1.68 bits per heavy atom. The maximum atomic E-state index is 12.3. The first-order valence-electron chi connectivity index (χ1n) is 6.97. The van der Waals surface area contributed by atoms with Crippen LogP contribution >= 0.6 is 23.2 Å². The summed E-state index contributed by atoms with van der Waals surface area (Å²) in [7, 11) is 0. The lowest BCUT2D eigenvalue weighted by Crippen LogP contribution is -2.34. The highest BCUT2D eigenvalue weighted by atomic mass is 35.5. The topological polar surface area (TPSA) is 49.3 Å². The van der Waals surface area contributed by atoms with Gasteiger partial charge in [0.1, 0.15) is 0 Å². The summed E-state index contributed by atoms with van der Waals surface area (Å²) in [6, 6.07) is 14.0. The lowest BCUT2D eigenvalue weighted by atomic mass is 10.0. The van der Waals surface area contributed by atoms with Crippen LogP contribution in [0.3, 0.4) is 0 Å². The summed E-state index contributed by atoms with van der Waals surface area (Å²) in [5, 5.41) is 13.6. The van der Waals surface area contributed by atoms with Gasteiger partial charge in [-0.25, -0.2) is 0 Å². The van der Waals surface area contributed by atoms with E-state index in [4.69, 9.17) is 23.2 Å². The van der Waals surface area contributed by atoms with Crippen molar-refractivity contribution >= 4 is 29.1 Å². The molecule has 0 heterocycles. The van der Waals surface area contributed by atoms with E-state index in [0.29, 0.717) is 16.5 Å². The molecule has 3 nitrogen and oxygen atoms in total. The second-order valence-electron chi connectivity index (χ2n) is 5.13. The molecule has 0 fully saturated rings. The minimum absolute atomic E-state index is 0.227. The zero-order valence-electron chi connectivity index (χ0n) is 12.1. The van der Waals surface area contributed by atoms with E-state index in [9.17, 15) is 9.90 Å². The normalized spacial score (nSPS) is 13.5. The smallest absolute Gasteiger partial charge is 0.254 e. The van der Waals surface area contributed by atoms with Gasteiger partial charge in [-0.05, 0) is 31.0 Å². The number of aliphatic hydroxyl groups excluding tert-OH is 1. The Morgan fingerprint density at radius 3 is 2.27 bits per heavy atom. The highest BCUT2D eigenvalue weighted by Crippen LogP contribution is 2.24. The van der Waals surface area contributed by atoms with Crippen molar-refractivity contribution < 1.29 is 9.90 Å². The summed E-state index contributed by atoms with van der Waals surface area (Å²) in [5.74, 6) is -0.344. The molecule has 0 aliphatic carbocycles. The number of rotatable bonds is 5. The zero-order valence-corrected chi connectivity index (χ0v) is 13.6. The molecule has 1 amide bonds. The SMILES string of the molecule is C[C@@H](C[C@@H](O)c1ccccc1)NC(=O)c1c(Cl)cccc1Cl. The maximum Gasteiger partial charge on any atom is 0.254 e. The van der Waals surface area contributed by atoms with Crippen LogP contribution in [0.4, 0.5) is 0 Å². The quantitative estimate of drug-likeness (QED) is 0.857. The summed E-state index contributed by atoms with van der Waals surface area (Å²) < 4.78 is 0. The van der Waals surface area contributed by atoms with Crippen molar-refractivity contribution in [3.05, 3.63) is 69.7 Å². The molecule has 0 unspecified atom stereocenters. The summed E-state index contributed by atoms with van der Waals surface area (Å²) in [6.07, 6.45) is -0.240. The van der Waals surface area contributed by atoms with E-state index in [2.05, 4.69) is 5.32 Å². The second kappa shape index (κ2) is 7.63. The Bertz CT molecular complexity index is 626. The van der Waals surface area contributed by atoms with Crippen LogP contribution in [0.5, 0.6) is 0 Å². The van der Waals surface area contributed by atoms with E-state index in [1.54, 1.807) is 18.2 Å². The molecular formula is C17H17Cl2NO2. The van der Waals surface area contributed by atoms with Crippen molar-refractivity contribution in [2.75, 3.05) is 0 Å². The minimum atomic E-state index is -0.641. The van der Waals surface area contributed by atoms with Crippen LogP contribution in [-0.4, -0.2) is 17.1 Å². The van der Waals surface area contributed by atoms with E-state index < -0.39 is 6.10 Å². The molecule has 2 rings (SSSR count). The molecule has 22 heavy (non-hydrogen) atoms. The fourth-order valence-corrected chi connectivity index (χ4v) is 2.78. The number of nitrogens with one attached hydrogen (secondary N) is 1. The zero-order chi connectivity index (χ0) is 16.1. The number of carbonyl (C=O) groups is 1. The molecule has 2 aromatic rings. The first-order chi connectivity index (χ1) is 10.5. The summed E-state index contributed by atoms with van der Waals surface area (Å²) in [4.78, 5) is 12.3. The van der Waals surface area contributed by atoms with Crippen molar-refractivity contribution in [2.45, 2.75) is 25.5 Å². The summed E-state index contributed by atoms with van der Waals surface area (Å²) >= 11 is 12.0. The second-order valence-corrected chi connectivity index (χ2v) is 5.95. The third-order valence-electron chi connectivity index (χ3n) is 3.33. The molecule has 0 bridgehead atoms. The van der Waals surface area contributed by atoms with Gasteiger partial charge in [-0.1, -0.05) is 59.6 Å². The molecule has 5 heteroatoms. The fraction of sp³-hybridized carbons (Fsp3) is 0.235. The number of carbonyl (C=O) groups excluding carboxylic acids is 1. The molecule has 2 N–H and O–H groups in total. The van der Waals surface area contributed by atoms with E-state index in [-0.39, 0.29) is 17.5 Å².